The van der Waals surface area contributed by atoms with Crippen LogP contribution in [0.2, 0.25) is 0 Å². The number of hydrogen-bond donors (Lipinski definition) is 1. The monoisotopic (exact) mass is 328 g/mol. The summed E-state index contributed by atoms with van der Waals surface area (Å²) in [6.45, 7) is 5.44. The van der Waals surface area contributed by atoms with Crippen molar-refractivity contribution in [2.24, 2.45) is 5.92 Å². The molecule has 0 saturated carbocycles. The Morgan fingerprint density at radius 1 is 1.42 bits per heavy atom. The fraction of sp³-hybridized carbons (Fsp3) is 0.462. The molecule has 1 N–H and O–H groups in total. The van der Waals surface area contributed by atoms with Crippen LogP contribution in [0.4, 0.5) is 0 Å². The summed E-state index contributed by atoms with van der Waals surface area (Å²) < 4.78 is 5.30. The van der Waals surface area contributed by atoms with Gasteiger partial charge in [-0.3, -0.25) is 9.78 Å². The number of nitrogens with one attached hydrogen (secondary N) is 1. The molecule has 0 unspecified atom stereocenters. The molecule has 0 saturated heterocycles. The average Bonchev–Trinajstić information content (AvgIpc) is 2.34. The van der Waals surface area contributed by atoms with Gasteiger partial charge in [0.15, 0.2) is 0 Å². The third-order valence-corrected chi connectivity index (χ3v) is 3.25. The zero-order valence-electron chi connectivity index (χ0n) is 11.4. The number of methoxy groups -OCH3 is 1. The van der Waals surface area contributed by atoms with Crippen molar-refractivity contribution in [1.29, 1.82) is 0 Å². The Labute approximate surface area is 120 Å². The van der Waals surface area contributed by atoms with Gasteiger partial charge in [0.1, 0.15) is 0 Å². The highest BCUT2D eigenvalue weighted by Crippen LogP contribution is 2.27. The maximum Gasteiger partial charge on any atom is 0.339 e. The van der Waals surface area contributed by atoms with Gasteiger partial charge >= 0.3 is 5.97 Å². The van der Waals surface area contributed by atoms with E-state index >= 15 is 0 Å². The van der Waals surface area contributed by atoms with Crippen LogP contribution in [-0.2, 0) is 9.53 Å². The number of halogens is 1. The van der Waals surface area contributed by atoms with Crippen molar-refractivity contribution in [3.8, 4) is 0 Å². The first-order valence-electron chi connectivity index (χ1n) is 5.87. The first-order chi connectivity index (χ1) is 8.86. The lowest BCUT2D eigenvalue weighted by molar-refractivity contribution is -0.120. The Morgan fingerprint density at radius 2 is 2.05 bits per heavy atom. The van der Waals surface area contributed by atoms with Crippen LogP contribution in [0.3, 0.4) is 0 Å². The number of carbonyl (C=O) groups excluding carboxylic acids is 2. The molecule has 19 heavy (non-hydrogen) atoms. The third-order valence-electron chi connectivity index (χ3n) is 2.61. The maximum absolute atomic E-state index is 11.4. The van der Waals surface area contributed by atoms with Gasteiger partial charge in [-0.05, 0) is 27.9 Å². The fourth-order valence-electron chi connectivity index (χ4n) is 1.68. The Morgan fingerprint density at radius 3 is 2.47 bits per heavy atom. The lowest BCUT2D eigenvalue weighted by Crippen LogP contribution is -2.30. The lowest BCUT2D eigenvalue weighted by Gasteiger charge is -2.22. The van der Waals surface area contributed by atoms with E-state index in [1.54, 1.807) is 6.07 Å². The summed E-state index contributed by atoms with van der Waals surface area (Å²) in [5.74, 6) is -0.388. The van der Waals surface area contributed by atoms with Crippen LogP contribution in [0, 0.1) is 5.92 Å². The van der Waals surface area contributed by atoms with Crippen LogP contribution in [0.25, 0.3) is 0 Å². The summed E-state index contributed by atoms with van der Waals surface area (Å²) in [5, 5.41) is 2.85. The van der Waals surface area contributed by atoms with Gasteiger partial charge in [-0.15, -0.1) is 0 Å². The number of amides is 1. The molecule has 1 atom stereocenters. The molecule has 0 radical (unpaired) electrons. The van der Waals surface area contributed by atoms with E-state index in [1.165, 1.54) is 20.2 Å². The average molecular weight is 329 g/mol. The van der Waals surface area contributed by atoms with Crippen LogP contribution >= 0.6 is 15.9 Å². The molecule has 1 aromatic rings. The van der Waals surface area contributed by atoms with Gasteiger partial charge in [-0.1, -0.05) is 13.8 Å². The quantitative estimate of drug-likeness (QED) is 0.862. The largest absolute Gasteiger partial charge is 0.465 e. The summed E-state index contributed by atoms with van der Waals surface area (Å²) in [5.41, 5.74) is 1.06. The molecule has 0 fully saturated rings. The van der Waals surface area contributed by atoms with Gasteiger partial charge < -0.3 is 10.1 Å². The number of aromatic nitrogens is 1. The summed E-state index contributed by atoms with van der Waals surface area (Å²) in [7, 11) is 1.32. The van der Waals surface area contributed by atoms with Crippen LogP contribution in [0.15, 0.2) is 16.7 Å². The molecule has 0 aliphatic heterocycles. The van der Waals surface area contributed by atoms with E-state index in [9.17, 15) is 9.59 Å². The highest BCUT2D eigenvalue weighted by Gasteiger charge is 2.21. The van der Waals surface area contributed by atoms with Gasteiger partial charge in [-0.2, -0.15) is 0 Å². The number of ether oxygens (including phenoxy) is 1. The zero-order chi connectivity index (χ0) is 14.6. The second-order valence-corrected chi connectivity index (χ2v) is 5.36. The molecule has 0 bridgehead atoms. The molecule has 104 valence electrons. The molecule has 1 amide bonds. The first kappa shape index (κ1) is 15.6. The summed E-state index contributed by atoms with van der Waals surface area (Å²) in [4.78, 5) is 26.9. The number of carbonyl (C=O) groups is 2. The number of esters is 1. The van der Waals surface area contributed by atoms with E-state index in [1.807, 2.05) is 13.8 Å². The number of pyridine rings is 1. The van der Waals surface area contributed by atoms with E-state index in [2.05, 4.69) is 31.0 Å². The van der Waals surface area contributed by atoms with E-state index in [-0.39, 0.29) is 17.9 Å². The Balaban J connectivity index is 3.11. The minimum Gasteiger partial charge on any atom is -0.465 e. The summed E-state index contributed by atoms with van der Waals surface area (Å²) >= 11 is 3.38. The normalized spacial score (nSPS) is 12.1. The minimum absolute atomic E-state index is 0.121. The van der Waals surface area contributed by atoms with Crippen molar-refractivity contribution in [3.63, 3.8) is 0 Å². The van der Waals surface area contributed by atoms with Crippen LogP contribution in [-0.4, -0.2) is 24.0 Å². The van der Waals surface area contributed by atoms with Crippen molar-refractivity contribution in [3.05, 3.63) is 28.0 Å². The molecule has 0 aromatic carbocycles. The third kappa shape index (κ3) is 4.02. The molecule has 0 aliphatic carbocycles. The molecular weight excluding hydrogens is 312 g/mol. The van der Waals surface area contributed by atoms with Crippen molar-refractivity contribution in [1.82, 2.24) is 10.3 Å². The fourth-order valence-corrected chi connectivity index (χ4v) is 2.27. The van der Waals surface area contributed by atoms with Crippen LogP contribution in [0.1, 0.15) is 42.9 Å². The topological polar surface area (TPSA) is 68.3 Å². The molecule has 5 nitrogen and oxygen atoms in total. The molecule has 0 aliphatic rings. The Kier molecular flexibility index (Phi) is 5.47. The predicted octanol–water partition coefficient (Wildman–Crippen LogP) is 2.46. The molecular formula is C13H17BrN2O3. The van der Waals surface area contributed by atoms with Crippen LogP contribution in [0.5, 0.6) is 0 Å². The lowest BCUT2D eigenvalue weighted by atomic mass is 10.00. The number of hydrogen-bond acceptors (Lipinski definition) is 4. The first-order valence-corrected chi connectivity index (χ1v) is 6.67. The van der Waals surface area contributed by atoms with Gasteiger partial charge in [-0.25, -0.2) is 4.79 Å². The van der Waals surface area contributed by atoms with Crippen molar-refractivity contribution < 1.29 is 14.3 Å². The van der Waals surface area contributed by atoms with Gasteiger partial charge in [0.05, 0.1) is 24.4 Å². The van der Waals surface area contributed by atoms with Crippen molar-refractivity contribution in [2.75, 3.05) is 7.11 Å². The van der Waals surface area contributed by atoms with Crippen molar-refractivity contribution >= 4 is 27.8 Å². The summed E-state index contributed by atoms with van der Waals surface area (Å²) in [6, 6.07) is 1.43. The molecule has 1 rings (SSSR count). The molecule has 1 heterocycles. The highest BCUT2D eigenvalue weighted by molar-refractivity contribution is 9.10. The second-order valence-electron chi connectivity index (χ2n) is 4.50. The zero-order valence-corrected chi connectivity index (χ0v) is 12.9. The van der Waals surface area contributed by atoms with Gasteiger partial charge in [0.25, 0.3) is 0 Å². The van der Waals surface area contributed by atoms with E-state index in [4.69, 9.17) is 0 Å². The standard InChI is InChI=1S/C13H17BrN2O3/c1-7(2)11(16-8(3)17)12-10(14)5-9(6-15-12)13(18)19-4/h5-7,11H,1-4H3,(H,16,17)/t11-/m0/s1. The van der Waals surface area contributed by atoms with Crippen molar-refractivity contribution in [2.45, 2.75) is 26.8 Å². The number of nitrogens with zero attached hydrogens (tertiary/aromatic N) is 1. The Hall–Kier alpha value is -1.43. The second kappa shape index (κ2) is 6.65. The minimum atomic E-state index is -0.444. The SMILES string of the molecule is COC(=O)c1cnc([C@@H](NC(C)=O)C(C)C)c(Br)c1. The molecule has 1 aromatic heterocycles. The number of rotatable bonds is 4. The smallest absolute Gasteiger partial charge is 0.339 e. The summed E-state index contributed by atoms with van der Waals surface area (Å²) in [6.07, 6.45) is 1.45. The van der Waals surface area contributed by atoms with Gasteiger partial charge in [0.2, 0.25) is 5.91 Å². The van der Waals surface area contributed by atoms with Crippen LogP contribution < -0.4 is 5.32 Å². The maximum atomic E-state index is 11.4. The van der Waals surface area contributed by atoms with Gasteiger partial charge in [0, 0.05) is 17.6 Å². The van der Waals surface area contributed by atoms with E-state index < -0.39 is 5.97 Å². The van der Waals surface area contributed by atoms with E-state index in [0.717, 1.165) is 0 Å². The predicted molar refractivity (Wildman–Crippen MR) is 74.7 cm³/mol. The Bertz CT molecular complexity index is 489. The molecule has 0 spiro atoms. The highest BCUT2D eigenvalue weighted by atomic mass is 79.9. The van der Waals surface area contributed by atoms with E-state index in [0.29, 0.717) is 15.7 Å². The molecule has 6 heteroatoms.